The molecule has 0 aromatic carbocycles. The Labute approximate surface area is 146 Å². The third-order valence-electron chi connectivity index (χ3n) is 5.98. The number of hydrogen-bond donors (Lipinski definition) is 1. The van der Waals surface area contributed by atoms with Crippen LogP contribution in [0.5, 0.6) is 0 Å². The monoisotopic (exact) mass is 335 g/mol. The number of rotatable bonds is 4. The summed E-state index contributed by atoms with van der Waals surface area (Å²) in [6.45, 7) is 3.72. The summed E-state index contributed by atoms with van der Waals surface area (Å²) in [5.74, 6) is 0.787. The maximum Gasteiger partial charge on any atom is 0.234 e. The lowest BCUT2D eigenvalue weighted by atomic mass is 9.88. The fourth-order valence-electron chi connectivity index (χ4n) is 4.46. The fourth-order valence-corrected chi connectivity index (χ4v) is 4.46. The molecule has 1 saturated heterocycles. The van der Waals surface area contributed by atoms with E-state index in [0.717, 1.165) is 51.9 Å². The van der Waals surface area contributed by atoms with E-state index in [-0.39, 0.29) is 11.8 Å². The smallest absolute Gasteiger partial charge is 0.234 e. The number of carbonyl (C=O) groups excluding carboxylic acids is 2. The average Bonchev–Trinajstić information content (AvgIpc) is 2.63. The summed E-state index contributed by atoms with van der Waals surface area (Å²) in [7, 11) is 0. The summed E-state index contributed by atoms with van der Waals surface area (Å²) in [5, 5.41) is 3.19. The van der Waals surface area contributed by atoms with Crippen LogP contribution in [0.2, 0.25) is 0 Å². The molecular weight excluding hydrogens is 302 g/mol. The highest BCUT2D eigenvalue weighted by molar-refractivity contribution is 5.79. The molecule has 5 heteroatoms. The molecule has 5 nitrogen and oxygen atoms in total. The predicted octanol–water partition coefficient (Wildman–Crippen LogP) is 2.16. The molecule has 0 unspecified atom stereocenters. The van der Waals surface area contributed by atoms with Gasteiger partial charge in [0.25, 0.3) is 0 Å². The number of piperazine rings is 1. The first-order valence-corrected chi connectivity index (χ1v) is 10.0. The van der Waals surface area contributed by atoms with Gasteiger partial charge in [0.2, 0.25) is 11.8 Å². The van der Waals surface area contributed by atoms with E-state index in [1.807, 2.05) is 4.90 Å². The molecule has 1 N–H and O–H groups in total. The maximum atomic E-state index is 12.6. The standard InChI is InChI=1S/C19H33N3O2/c23-18(20-17-9-5-2-6-10-17)15-21-11-13-22(14-12-21)19(24)16-7-3-1-4-8-16/h16-17H,1-15H2,(H,20,23). The van der Waals surface area contributed by atoms with Crippen molar-refractivity contribution in [3.8, 4) is 0 Å². The molecule has 0 bridgehead atoms. The fraction of sp³-hybridized carbons (Fsp3) is 0.895. The third-order valence-corrected chi connectivity index (χ3v) is 5.98. The van der Waals surface area contributed by atoms with E-state index in [9.17, 15) is 9.59 Å². The van der Waals surface area contributed by atoms with Gasteiger partial charge in [-0.3, -0.25) is 14.5 Å². The molecule has 2 aliphatic carbocycles. The summed E-state index contributed by atoms with van der Waals surface area (Å²) >= 11 is 0. The van der Waals surface area contributed by atoms with Crippen LogP contribution in [-0.4, -0.2) is 60.4 Å². The molecule has 2 amide bonds. The molecule has 1 aliphatic heterocycles. The Morgan fingerprint density at radius 1 is 0.792 bits per heavy atom. The molecular formula is C19H33N3O2. The zero-order valence-corrected chi connectivity index (χ0v) is 15.0. The van der Waals surface area contributed by atoms with Gasteiger partial charge in [0, 0.05) is 38.1 Å². The third kappa shape index (κ3) is 4.95. The average molecular weight is 335 g/mol. The Morgan fingerprint density at radius 2 is 1.38 bits per heavy atom. The van der Waals surface area contributed by atoms with Crippen LogP contribution in [0.3, 0.4) is 0 Å². The van der Waals surface area contributed by atoms with Crippen molar-refractivity contribution in [3.05, 3.63) is 0 Å². The number of nitrogens with zero attached hydrogens (tertiary/aromatic N) is 2. The van der Waals surface area contributed by atoms with Crippen molar-refractivity contribution in [1.82, 2.24) is 15.1 Å². The molecule has 3 fully saturated rings. The lowest BCUT2D eigenvalue weighted by Crippen LogP contribution is -2.53. The lowest BCUT2D eigenvalue weighted by Gasteiger charge is -2.37. The number of hydrogen-bond acceptors (Lipinski definition) is 3. The van der Waals surface area contributed by atoms with Crippen molar-refractivity contribution >= 4 is 11.8 Å². The number of nitrogens with one attached hydrogen (secondary N) is 1. The second-order valence-electron chi connectivity index (χ2n) is 7.84. The molecule has 0 aromatic heterocycles. The first-order valence-electron chi connectivity index (χ1n) is 10.0. The topological polar surface area (TPSA) is 52.7 Å². The lowest BCUT2D eigenvalue weighted by molar-refractivity contribution is -0.138. The Morgan fingerprint density at radius 3 is 2.00 bits per heavy atom. The van der Waals surface area contributed by atoms with Crippen LogP contribution in [0.4, 0.5) is 0 Å². The van der Waals surface area contributed by atoms with E-state index < -0.39 is 0 Å². The van der Waals surface area contributed by atoms with Crippen molar-refractivity contribution in [2.75, 3.05) is 32.7 Å². The van der Waals surface area contributed by atoms with Gasteiger partial charge < -0.3 is 10.2 Å². The highest BCUT2D eigenvalue weighted by atomic mass is 16.2. The summed E-state index contributed by atoms with van der Waals surface area (Å²) in [4.78, 5) is 29.0. The van der Waals surface area contributed by atoms with Crippen molar-refractivity contribution in [1.29, 1.82) is 0 Å². The van der Waals surface area contributed by atoms with Gasteiger partial charge in [-0.15, -0.1) is 0 Å². The van der Waals surface area contributed by atoms with Crippen LogP contribution >= 0.6 is 0 Å². The molecule has 0 atom stereocenters. The first-order chi connectivity index (χ1) is 11.7. The van der Waals surface area contributed by atoms with Crippen molar-refractivity contribution < 1.29 is 9.59 Å². The minimum atomic E-state index is 0.161. The molecule has 3 aliphatic rings. The molecule has 0 aromatic rings. The van der Waals surface area contributed by atoms with E-state index in [2.05, 4.69) is 10.2 Å². The second kappa shape index (κ2) is 8.84. The van der Waals surface area contributed by atoms with E-state index in [0.29, 0.717) is 18.5 Å². The van der Waals surface area contributed by atoms with Crippen LogP contribution < -0.4 is 5.32 Å². The van der Waals surface area contributed by atoms with Gasteiger partial charge in [-0.2, -0.15) is 0 Å². The maximum absolute atomic E-state index is 12.6. The molecule has 0 spiro atoms. The molecule has 1 heterocycles. The zero-order valence-electron chi connectivity index (χ0n) is 15.0. The summed E-state index contributed by atoms with van der Waals surface area (Å²) in [6, 6.07) is 0.389. The molecule has 3 rings (SSSR count). The van der Waals surface area contributed by atoms with Gasteiger partial charge in [-0.05, 0) is 25.7 Å². The van der Waals surface area contributed by atoms with E-state index in [1.165, 1.54) is 38.5 Å². The number of amides is 2. The normalized spacial score (nSPS) is 24.8. The molecule has 24 heavy (non-hydrogen) atoms. The van der Waals surface area contributed by atoms with E-state index >= 15 is 0 Å². The molecule has 2 saturated carbocycles. The van der Waals surface area contributed by atoms with Crippen LogP contribution in [-0.2, 0) is 9.59 Å². The van der Waals surface area contributed by atoms with Crippen molar-refractivity contribution in [2.24, 2.45) is 5.92 Å². The van der Waals surface area contributed by atoms with Crippen LogP contribution in [0.1, 0.15) is 64.2 Å². The van der Waals surface area contributed by atoms with Gasteiger partial charge in [-0.25, -0.2) is 0 Å². The molecule has 136 valence electrons. The number of carbonyl (C=O) groups is 2. The Hall–Kier alpha value is -1.10. The van der Waals surface area contributed by atoms with Gasteiger partial charge in [0.05, 0.1) is 6.54 Å². The van der Waals surface area contributed by atoms with Gasteiger partial charge in [0.15, 0.2) is 0 Å². The highest BCUT2D eigenvalue weighted by Gasteiger charge is 2.29. The van der Waals surface area contributed by atoms with E-state index in [1.54, 1.807) is 0 Å². The SMILES string of the molecule is O=C(CN1CCN(C(=O)C2CCCCC2)CC1)NC1CCCCC1. The minimum absolute atomic E-state index is 0.161. The minimum Gasteiger partial charge on any atom is -0.352 e. The van der Waals surface area contributed by atoms with Crippen LogP contribution in [0.15, 0.2) is 0 Å². The summed E-state index contributed by atoms with van der Waals surface area (Å²) < 4.78 is 0. The van der Waals surface area contributed by atoms with Crippen molar-refractivity contribution in [3.63, 3.8) is 0 Å². The van der Waals surface area contributed by atoms with Crippen molar-refractivity contribution in [2.45, 2.75) is 70.3 Å². The summed E-state index contributed by atoms with van der Waals surface area (Å²) in [5.41, 5.74) is 0. The Kier molecular flexibility index (Phi) is 6.52. The first kappa shape index (κ1) is 17.7. The Balaban J connectivity index is 1.36. The highest BCUT2D eigenvalue weighted by Crippen LogP contribution is 2.25. The predicted molar refractivity (Wildman–Crippen MR) is 94.6 cm³/mol. The largest absolute Gasteiger partial charge is 0.352 e. The van der Waals surface area contributed by atoms with Gasteiger partial charge in [0.1, 0.15) is 0 Å². The van der Waals surface area contributed by atoms with Crippen LogP contribution in [0.25, 0.3) is 0 Å². The molecule has 0 radical (unpaired) electrons. The van der Waals surface area contributed by atoms with E-state index in [4.69, 9.17) is 0 Å². The Bertz CT molecular complexity index is 420. The van der Waals surface area contributed by atoms with Crippen LogP contribution in [0, 0.1) is 5.92 Å². The van der Waals surface area contributed by atoms with Gasteiger partial charge in [-0.1, -0.05) is 38.5 Å². The second-order valence-corrected chi connectivity index (χ2v) is 7.84. The zero-order chi connectivity index (χ0) is 16.8. The van der Waals surface area contributed by atoms with Gasteiger partial charge >= 0.3 is 0 Å². The summed E-state index contributed by atoms with van der Waals surface area (Å²) in [6.07, 6.45) is 11.9. The quantitative estimate of drug-likeness (QED) is 0.856.